The molecule has 1 saturated carbocycles. The Bertz CT molecular complexity index is 810. The lowest BCUT2D eigenvalue weighted by Gasteiger charge is -2.21. The smallest absolute Gasteiger partial charge is 0.273 e. The number of benzene rings is 1. The monoisotopic (exact) mass is 413 g/mol. The van der Waals surface area contributed by atoms with Crippen LogP contribution in [0.1, 0.15) is 74.5 Å². The van der Waals surface area contributed by atoms with Gasteiger partial charge in [0.25, 0.3) is 5.91 Å². The Labute approximate surface area is 177 Å². The van der Waals surface area contributed by atoms with Crippen LogP contribution in [-0.4, -0.2) is 23.5 Å². The molecule has 2 amide bonds. The predicted molar refractivity (Wildman–Crippen MR) is 114 cm³/mol. The first-order chi connectivity index (χ1) is 14.6. The molecule has 1 aliphatic carbocycles. The van der Waals surface area contributed by atoms with Crippen molar-refractivity contribution in [2.24, 2.45) is 5.92 Å². The quantitative estimate of drug-likeness (QED) is 0.589. The summed E-state index contributed by atoms with van der Waals surface area (Å²) < 4.78 is 10.9. The molecular formula is C23H31N3O4. The zero-order valence-corrected chi connectivity index (χ0v) is 17.6. The van der Waals surface area contributed by atoms with Gasteiger partial charge in [-0.3, -0.25) is 9.59 Å². The Morgan fingerprint density at radius 2 is 1.93 bits per heavy atom. The normalized spacial score (nSPS) is 14.3. The summed E-state index contributed by atoms with van der Waals surface area (Å²) in [6.07, 6.45) is 8.55. The van der Waals surface area contributed by atoms with E-state index in [1.54, 1.807) is 30.3 Å². The molecule has 7 nitrogen and oxygen atoms in total. The van der Waals surface area contributed by atoms with Crippen LogP contribution in [0.15, 0.2) is 34.9 Å². The number of nitrogens with one attached hydrogen (secondary N) is 2. The van der Waals surface area contributed by atoms with Crippen LogP contribution in [-0.2, 0) is 11.4 Å². The summed E-state index contributed by atoms with van der Waals surface area (Å²) in [5.74, 6) is 1.49. The Balaban J connectivity index is 1.42. The van der Waals surface area contributed by atoms with E-state index in [-0.39, 0.29) is 24.1 Å². The van der Waals surface area contributed by atoms with Gasteiger partial charge >= 0.3 is 0 Å². The molecule has 162 valence electrons. The molecule has 0 radical (unpaired) electrons. The van der Waals surface area contributed by atoms with Crippen molar-refractivity contribution < 1.29 is 18.8 Å². The average molecular weight is 414 g/mol. The van der Waals surface area contributed by atoms with Crippen LogP contribution in [0.2, 0.25) is 0 Å². The number of hydrogen-bond acceptors (Lipinski definition) is 5. The largest absolute Gasteiger partial charge is 0.486 e. The van der Waals surface area contributed by atoms with Gasteiger partial charge in [0.05, 0.1) is 0 Å². The number of ether oxygens (including phenoxy) is 1. The van der Waals surface area contributed by atoms with Crippen LogP contribution in [0, 0.1) is 5.92 Å². The first-order valence-corrected chi connectivity index (χ1v) is 10.9. The minimum absolute atomic E-state index is 0.0153. The van der Waals surface area contributed by atoms with Crippen LogP contribution >= 0.6 is 0 Å². The fraction of sp³-hybridized carbons (Fsp3) is 0.522. The van der Waals surface area contributed by atoms with E-state index in [9.17, 15) is 9.59 Å². The third-order valence-corrected chi connectivity index (χ3v) is 5.34. The number of unbranched alkanes of at least 4 members (excludes halogenated alkanes) is 1. The van der Waals surface area contributed by atoms with Crippen molar-refractivity contribution in [3.05, 3.63) is 41.8 Å². The van der Waals surface area contributed by atoms with Gasteiger partial charge in [0.1, 0.15) is 12.4 Å². The van der Waals surface area contributed by atoms with Crippen molar-refractivity contribution in [1.82, 2.24) is 10.5 Å². The van der Waals surface area contributed by atoms with Crippen LogP contribution in [0.5, 0.6) is 5.75 Å². The summed E-state index contributed by atoms with van der Waals surface area (Å²) >= 11 is 0. The summed E-state index contributed by atoms with van der Waals surface area (Å²) in [5, 5.41) is 9.66. The van der Waals surface area contributed by atoms with Crippen molar-refractivity contribution in [3.63, 3.8) is 0 Å². The maximum atomic E-state index is 12.3. The number of carbonyl (C=O) groups is 2. The zero-order chi connectivity index (χ0) is 21.2. The Kier molecular flexibility index (Phi) is 8.30. The highest BCUT2D eigenvalue weighted by atomic mass is 16.5. The molecule has 3 rings (SSSR count). The van der Waals surface area contributed by atoms with Gasteiger partial charge in [0, 0.05) is 24.7 Å². The highest BCUT2D eigenvalue weighted by Gasteiger charge is 2.17. The third kappa shape index (κ3) is 6.90. The van der Waals surface area contributed by atoms with Gasteiger partial charge in [-0.05, 0) is 49.4 Å². The number of aromatic nitrogens is 1. The van der Waals surface area contributed by atoms with Crippen molar-refractivity contribution in [2.75, 3.05) is 11.9 Å². The molecule has 0 bridgehead atoms. The van der Waals surface area contributed by atoms with Gasteiger partial charge < -0.3 is 19.9 Å². The van der Waals surface area contributed by atoms with Gasteiger partial charge in [-0.25, -0.2) is 0 Å². The Morgan fingerprint density at radius 3 is 2.67 bits per heavy atom. The van der Waals surface area contributed by atoms with E-state index in [0.29, 0.717) is 30.4 Å². The molecule has 0 saturated heterocycles. The molecule has 0 aliphatic heterocycles. The van der Waals surface area contributed by atoms with E-state index in [1.807, 2.05) is 0 Å². The second-order valence-electron chi connectivity index (χ2n) is 7.86. The molecule has 1 aromatic carbocycles. The van der Waals surface area contributed by atoms with Crippen molar-refractivity contribution in [1.29, 1.82) is 0 Å². The minimum atomic E-state index is -0.209. The SMILES string of the molecule is CCCCC(=O)Nc1ccc(OCc2cc(C(=O)NCC3CCCCC3)no2)cc1. The molecule has 2 N–H and O–H groups in total. The van der Waals surface area contributed by atoms with E-state index in [1.165, 1.54) is 32.1 Å². The number of nitrogens with zero attached hydrogens (tertiary/aromatic N) is 1. The average Bonchev–Trinajstić information content (AvgIpc) is 3.25. The van der Waals surface area contributed by atoms with Crippen LogP contribution < -0.4 is 15.4 Å². The lowest BCUT2D eigenvalue weighted by molar-refractivity contribution is -0.116. The standard InChI is InChI=1S/C23H31N3O4/c1-2-3-9-22(27)25-18-10-12-19(13-11-18)29-16-20-14-21(26-30-20)23(28)24-15-17-7-5-4-6-8-17/h10-14,17H,2-9,15-16H2,1H3,(H,24,28)(H,25,27). The van der Waals surface area contributed by atoms with Gasteiger partial charge in [0.15, 0.2) is 11.5 Å². The van der Waals surface area contributed by atoms with E-state index in [4.69, 9.17) is 9.26 Å². The highest BCUT2D eigenvalue weighted by Crippen LogP contribution is 2.23. The van der Waals surface area contributed by atoms with Crippen molar-refractivity contribution in [2.45, 2.75) is 64.9 Å². The first-order valence-electron chi connectivity index (χ1n) is 10.9. The second kappa shape index (κ2) is 11.4. The molecule has 1 aromatic heterocycles. The minimum Gasteiger partial charge on any atom is -0.486 e. The van der Waals surface area contributed by atoms with Crippen LogP contribution in [0.3, 0.4) is 0 Å². The van der Waals surface area contributed by atoms with E-state index < -0.39 is 0 Å². The number of rotatable bonds is 10. The number of hydrogen-bond donors (Lipinski definition) is 2. The van der Waals surface area contributed by atoms with Crippen LogP contribution in [0.25, 0.3) is 0 Å². The van der Waals surface area contributed by atoms with Crippen molar-refractivity contribution in [3.8, 4) is 5.75 Å². The maximum absolute atomic E-state index is 12.3. The summed E-state index contributed by atoms with van der Waals surface area (Å²) in [6.45, 7) is 2.92. The summed E-state index contributed by atoms with van der Waals surface area (Å²) in [6, 6.07) is 8.76. The van der Waals surface area contributed by atoms with E-state index in [0.717, 1.165) is 18.5 Å². The Morgan fingerprint density at radius 1 is 1.17 bits per heavy atom. The lowest BCUT2D eigenvalue weighted by atomic mass is 9.89. The zero-order valence-electron chi connectivity index (χ0n) is 17.6. The molecule has 1 aliphatic rings. The molecule has 1 fully saturated rings. The maximum Gasteiger partial charge on any atom is 0.273 e. The molecule has 0 atom stereocenters. The second-order valence-corrected chi connectivity index (χ2v) is 7.86. The molecule has 2 aromatic rings. The molecule has 30 heavy (non-hydrogen) atoms. The fourth-order valence-corrected chi connectivity index (χ4v) is 3.56. The molecule has 0 spiro atoms. The number of anilines is 1. The number of amides is 2. The summed E-state index contributed by atoms with van der Waals surface area (Å²) in [5.41, 5.74) is 1.01. The Hall–Kier alpha value is -2.83. The van der Waals surface area contributed by atoms with Crippen molar-refractivity contribution >= 4 is 17.5 Å². The lowest BCUT2D eigenvalue weighted by Crippen LogP contribution is -2.30. The highest BCUT2D eigenvalue weighted by molar-refractivity contribution is 5.92. The van der Waals surface area contributed by atoms with Gasteiger partial charge in [-0.15, -0.1) is 0 Å². The van der Waals surface area contributed by atoms with E-state index >= 15 is 0 Å². The van der Waals surface area contributed by atoms with Gasteiger partial charge in [-0.1, -0.05) is 37.8 Å². The van der Waals surface area contributed by atoms with Gasteiger partial charge in [-0.2, -0.15) is 0 Å². The first kappa shape index (κ1) is 21.9. The number of carbonyl (C=O) groups excluding carboxylic acids is 2. The predicted octanol–water partition coefficient (Wildman–Crippen LogP) is 4.69. The van der Waals surface area contributed by atoms with Crippen LogP contribution in [0.4, 0.5) is 5.69 Å². The third-order valence-electron chi connectivity index (χ3n) is 5.34. The van der Waals surface area contributed by atoms with E-state index in [2.05, 4.69) is 22.7 Å². The summed E-state index contributed by atoms with van der Waals surface area (Å²) in [4.78, 5) is 24.0. The molecule has 7 heteroatoms. The molecule has 1 heterocycles. The van der Waals surface area contributed by atoms with Gasteiger partial charge in [0.2, 0.25) is 5.91 Å². The topological polar surface area (TPSA) is 93.5 Å². The molecule has 0 unspecified atom stereocenters. The molecular weight excluding hydrogens is 382 g/mol. The fourth-order valence-electron chi connectivity index (χ4n) is 3.56. The summed E-state index contributed by atoms with van der Waals surface area (Å²) in [7, 11) is 0.